The van der Waals surface area contributed by atoms with Gasteiger partial charge < -0.3 is 14.2 Å². The van der Waals surface area contributed by atoms with Crippen LogP contribution in [0, 0.1) is 0 Å². The van der Waals surface area contributed by atoms with Gasteiger partial charge in [-0.25, -0.2) is 0 Å². The molecule has 154 valence electrons. The van der Waals surface area contributed by atoms with Crippen molar-refractivity contribution in [2.75, 3.05) is 45.8 Å². The van der Waals surface area contributed by atoms with Gasteiger partial charge in [0.05, 0.1) is 11.6 Å². The fourth-order valence-corrected chi connectivity index (χ4v) is 4.19. The standard InChI is InChI=1S/C22H26ClN3O3/c23-18-7-3-2-6-17(18)19-8-9-20(29-19)22(28)26-14-12-24(13-15-26)16-21(27)25-10-4-1-5-11-25/h2-3,6-9H,1,4-5,10-16H2. The van der Waals surface area contributed by atoms with Gasteiger partial charge in [-0.1, -0.05) is 23.7 Å². The number of rotatable bonds is 4. The second-order valence-electron chi connectivity index (χ2n) is 7.65. The van der Waals surface area contributed by atoms with Crippen molar-refractivity contribution in [1.82, 2.24) is 14.7 Å². The first kappa shape index (κ1) is 20.0. The third kappa shape index (κ3) is 4.65. The Hall–Kier alpha value is -2.31. The maximum atomic E-state index is 12.8. The Morgan fingerprint density at radius 3 is 2.31 bits per heavy atom. The quantitative estimate of drug-likeness (QED) is 0.768. The van der Waals surface area contributed by atoms with E-state index in [0.29, 0.717) is 49.3 Å². The lowest BCUT2D eigenvalue weighted by molar-refractivity contribution is -0.133. The highest BCUT2D eigenvalue weighted by Gasteiger charge is 2.27. The van der Waals surface area contributed by atoms with Crippen LogP contribution in [-0.4, -0.2) is 72.3 Å². The molecule has 0 bridgehead atoms. The Morgan fingerprint density at radius 1 is 0.862 bits per heavy atom. The van der Waals surface area contributed by atoms with Crippen molar-refractivity contribution in [2.24, 2.45) is 0 Å². The summed E-state index contributed by atoms with van der Waals surface area (Å²) in [5.74, 6) is 0.993. The summed E-state index contributed by atoms with van der Waals surface area (Å²) >= 11 is 6.22. The minimum absolute atomic E-state index is 0.120. The largest absolute Gasteiger partial charge is 0.451 e. The van der Waals surface area contributed by atoms with Crippen molar-refractivity contribution >= 4 is 23.4 Å². The molecule has 2 fully saturated rings. The van der Waals surface area contributed by atoms with E-state index in [9.17, 15) is 9.59 Å². The van der Waals surface area contributed by atoms with Crippen LogP contribution < -0.4 is 0 Å². The van der Waals surface area contributed by atoms with E-state index in [0.717, 1.165) is 31.5 Å². The van der Waals surface area contributed by atoms with E-state index in [1.54, 1.807) is 23.1 Å². The maximum absolute atomic E-state index is 12.8. The Morgan fingerprint density at radius 2 is 1.59 bits per heavy atom. The summed E-state index contributed by atoms with van der Waals surface area (Å²) in [5, 5.41) is 0.591. The average Bonchev–Trinajstić information content (AvgIpc) is 3.25. The normalized spacial score (nSPS) is 18.1. The van der Waals surface area contributed by atoms with Crippen molar-refractivity contribution in [3.63, 3.8) is 0 Å². The minimum Gasteiger partial charge on any atom is -0.451 e. The van der Waals surface area contributed by atoms with Crippen LogP contribution in [0.25, 0.3) is 11.3 Å². The van der Waals surface area contributed by atoms with Gasteiger partial charge in [-0.15, -0.1) is 0 Å². The molecule has 2 saturated heterocycles. The van der Waals surface area contributed by atoms with Gasteiger partial charge in [0.15, 0.2) is 5.76 Å². The maximum Gasteiger partial charge on any atom is 0.289 e. The molecule has 0 aliphatic carbocycles. The molecule has 0 radical (unpaired) electrons. The van der Waals surface area contributed by atoms with Gasteiger partial charge in [0.2, 0.25) is 5.91 Å². The van der Waals surface area contributed by atoms with Gasteiger partial charge in [0.1, 0.15) is 5.76 Å². The lowest BCUT2D eigenvalue weighted by Crippen LogP contribution is -2.52. The molecule has 29 heavy (non-hydrogen) atoms. The second-order valence-corrected chi connectivity index (χ2v) is 8.06. The number of halogens is 1. The van der Waals surface area contributed by atoms with Gasteiger partial charge in [-0.2, -0.15) is 0 Å². The molecular weight excluding hydrogens is 390 g/mol. The Kier molecular flexibility index (Phi) is 6.21. The summed E-state index contributed by atoms with van der Waals surface area (Å²) in [5.41, 5.74) is 0.772. The molecule has 4 rings (SSSR count). The third-order valence-corrected chi connectivity index (χ3v) is 6.01. The topological polar surface area (TPSA) is 57.0 Å². The van der Waals surface area contributed by atoms with Crippen molar-refractivity contribution in [3.8, 4) is 11.3 Å². The second kappa shape index (κ2) is 9.01. The van der Waals surface area contributed by atoms with Crippen LogP contribution >= 0.6 is 11.6 Å². The lowest BCUT2D eigenvalue weighted by atomic mass is 10.1. The first-order valence-corrected chi connectivity index (χ1v) is 10.6. The number of hydrogen-bond donors (Lipinski definition) is 0. The molecule has 3 heterocycles. The van der Waals surface area contributed by atoms with E-state index >= 15 is 0 Å². The van der Waals surface area contributed by atoms with E-state index < -0.39 is 0 Å². The molecule has 7 heteroatoms. The van der Waals surface area contributed by atoms with Crippen LogP contribution in [0.15, 0.2) is 40.8 Å². The molecule has 0 spiro atoms. The van der Waals surface area contributed by atoms with Gasteiger partial charge in [0.25, 0.3) is 5.91 Å². The van der Waals surface area contributed by atoms with Crippen LogP contribution in [0.5, 0.6) is 0 Å². The van der Waals surface area contributed by atoms with E-state index in [4.69, 9.17) is 16.0 Å². The molecule has 0 unspecified atom stereocenters. The monoisotopic (exact) mass is 415 g/mol. The average molecular weight is 416 g/mol. The lowest BCUT2D eigenvalue weighted by Gasteiger charge is -2.35. The van der Waals surface area contributed by atoms with Crippen molar-refractivity contribution in [1.29, 1.82) is 0 Å². The fourth-order valence-electron chi connectivity index (χ4n) is 3.96. The first-order chi connectivity index (χ1) is 14.1. The van der Waals surface area contributed by atoms with Gasteiger partial charge in [0, 0.05) is 44.8 Å². The number of furan rings is 1. The summed E-state index contributed by atoms with van der Waals surface area (Å²) < 4.78 is 5.79. The molecular formula is C22H26ClN3O3. The van der Waals surface area contributed by atoms with Crippen LogP contribution in [-0.2, 0) is 4.79 Å². The Labute approximate surface area is 176 Å². The summed E-state index contributed by atoms with van der Waals surface area (Å²) in [6.07, 6.45) is 3.43. The molecule has 2 aromatic rings. The zero-order chi connectivity index (χ0) is 20.2. The zero-order valence-corrected chi connectivity index (χ0v) is 17.2. The summed E-state index contributed by atoms with van der Waals surface area (Å²) in [6, 6.07) is 10.9. The number of carbonyl (C=O) groups is 2. The molecule has 2 aliphatic rings. The molecule has 2 amide bonds. The summed E-state index contributed by atoms with van der Waals surface area (Å²) in [7, 11) is 0. The summed E-state index contributed by atoms with van der Waals surface area (Å²) in [6.45, 7) is 4.78. The third-order valence-electron chi connectivity index (χ3n) is 5.68. The smallest absolute Gasteiger partial charge is 0.289 e. The Balaban J connectivity index is 1.31. The van der Waals surface area contributed by atoms with Crippen molar-refractivity contribution < 1.29 is 14.0 Å². The SMILES string of the molecule is O=C(CN1CCN(C(=O)c2ccc(-c3ccccc3Cl)o2)CC1)N1CCCCC1. The molecule has 1 aromatic carbocycles. The van der Waals surface area contributed by atoms with Crippen molar-refractivity contribution in [2.45, 2.75) is 19.3 Å². The number of piperazine rings is 1. The molecule has 0 N–H and O–H groups in total. The molecule has 2 aliphatic heterocycles. The molecule has 6 nitrogen and oxygen atoms in total. The van der Waals surface area contributed by atoms with Crippen LogP contribution in [0.2, 0.25) is 5.02 Å². The minimum atomic E-state index is -0.120. The number of hydrogen-bond acceptors (Lipinski definition) is 4. The highest BCUT2D eigenvalue weighted by atomic mass is 35.5. The van der Waals surface area contributed by atoms with Crippen LogP contribution in [0.4, 0.5) is 0 Å². The molecule has 0 saturated carbocycles. The van der Waals surface area contributed by atoms with E-state index in [1.807, 2.05) is 23.1 Å². The van der Waals surface area contributed by atoms with Gasteiger partial charge in [-0.3, -0.25) is 14.5 Å². The highest BCUT2D eigenvalue weighted by molar-refractivity contribution is 6.33. The number of piperidine rings is 1. The van der Waals surface area contributed by atoms with Gasteiger partial charge >= 0.3 is 0 Å². The number of nitrogens with zero attached hydrogens (tertiary/aromatic N) is 3. The highest BCUT2D eigenvalue weighted by Crippen LogP contribution is 2.29. The predicted octanol–water partition coefficient (Wildman–Crippen LogP) is 3.37. The zero-order valence-electron chi connectivity index (χ0n) is 16.5. The number of amides is 2. The number of carbonyl (C=O) groups excluding carboxylic acids is 2. The molecule has 0 atom stereocenters. The number of benzene rings is 1. The van der Waals surface area contributed by atoms with Crippen LogP contribution in [0.3, 0.4) is 0 Å². The van der Waals surface area contributed by atoms with Crippen LogP contribution in [0.1, 0.15) is 29.8 Å². The fraction of sp³-hybridized carbons (Fsp3) is 0.455. The first-order valence-electron chi connectivity index (χ1n) is 10.3. The van der Waals surface area contributed by atoms with Crippen molar-refractivity contribution in [3.05, 3.63) is 47.2 Å². The number of likely N-dealkylation sites (tertiary alicyclic amines) is 1. The Bertz CT molecular complexity index is 868. The van der Waals surface area contributed by atoms with E-state index in [1.165, 1.54) is 6.42 Å². The molecule has 1 aromatic heterocycles. The predicted molar refractivity (Wildman–Crippen MR) is 112 cm³/mol. The van der Waals surface area contributed by atoms with E-state index in [2.05, 4.69) is 4.90 Å². The van der Waals surface area contributed by atoms with Gasteiger partial charge in [-0.05, 0) is 43.5 Å². The van der Waals surface area contributed by atoms with E-state index in [-0.39, 0.29) is 11.8 Å². The summed E-state index contributed by atoms with van der Waals surface area (Å²) in [4.78, 5) is 31.2.